The number of fused-ring (bicyclic) bond motifs is 1. The van der Waals surface area contributed by atoms with E-state index in [4.69, 9.17) is 0 Å². The molecule has 0 aliphatic heterocycles. The van der Waals surface area contributed by atoms with E-state index < -0.39 is 0 Å². The van der Waals surface area contributed by atoms with Crippen molar-refractivity contribution in [3.8, 4) is 0 Å². The van der Waals surface area contributed by atoms with Gasteiger partial charge in [0.05, 0.1) is 6.10 Å². The van der Waals surface area contributed by atoms with Crippen LogP contribution in [0.15, 0.2) is 24.3 Å². The molecule has 1 saturated carbocycles. The molecule has 0 heterocycles. The summed E-state index contributed by atoms with van der Waals surface area (Å²) in [4.78, 5) is 0. The van der Waals surface area contributed by atoms with Crippen LogP contribution in [-0.4, -0.2) is 11.2 Å². The lowest BCUT2D eigenvalue weighted by Crippen LogP contribution is -2.16. The molecule has 3 atom stereocenters. The molecule has 0 aromatic heterocycles. The number of aliphatic hydroxyl groups is 1. The standard InChI is InChI=1S/C11H16O/c1-8-4-2-3-5-10-9(8)6-7-11(10)12/h3,5,9-12H,1-2,4,6-7H2/t9-,10+,11-/m1/s1. The molecule has 66 valence electrons. The SMILES string of the molecule is C=C1CCC=C[C@@H]2[C@H](O)CC[C@H]12. The molecule has 1 heteroatoms. The average Bonchev–Trinajstić information content (AvgIpc) is 2.30. The predicted octanol–water partition coefficient (Wildman–Crippen LogP) is 2.28. The van der Waals surface area contributed by atoms with Crippen molar-refractivity contribution >= 4 is 0 Å². The van der Waals surface area contributed by atoms with E-state index in [9.17, 15) is 5.11 Å². The van der Waals surface area contributed by atoms with Crippen molar-refractivity contribution < 1.29 is 5.11 Å². The molecule has 1 fully saturated rings. The molecule has 0 aromatic carbocycles. The first kappa shape index (κ1) is 8.06. The van der Waals surface area contributed by atoms with E-state index in [-0.39, 0.29) is 6.10 Å². The fourth-order valence-corrected chi connectivity index (χ4v) is 2.45. The molecule has 0 spiro atoms. The van der Waals surface area contributed by atoms with Crippen molar-refractivity contribution in [3.63, 3.8) is 0 Å². The van der Waals surface area contributed by atoms with E-state index in [0.29, 0.717) is 11.8 Å². The minimum absolute atomic E-state index is 0.110. The lowest BCUT2D eigenvalue weighted by atomic mass is 9.89. The van der Waals surface area contributed by atoms with Gasteiger partial charge >= 0.3 is 0 Å². The Bertz CT molecular complexity index is 217. The maximum absolute atomic E-state index is 9.67. The molecular weight excluding hydrogens is 148 g/mol. The maximum atomic E-state index is 9.67. The first-order chi connectivity index (χ1) is 5.79. The van der Waals surface area contributed by atoms with Crippen LogP contribution in [0.5, 0.6) is 0 Å². The minimum Gasteiger partial charge on any atom is -0.392 e. The maximum Gasteiger partial charge on any atom is 0.0608 e. The zero-order valence-corrected chi connectivity index (χ0v) is 7.37. The van der Waals surface area contributed by atoms with Gasteiger partial charge in [-0.05, 0) is 31.6 Å². The highest BCUT2D eigenvalue weighted by Gasteiger charge is 2.34. The van der Waals surface area contributed by atoms with Crippen molar-refractivity contribution in [2.45, 2.75) is 31.8 Å². The Balaban J connectivity index is 2.21. The van der Waals surface area contributed by atoms with Crippen LogP contribution in [0.25, 0.3) is 0 Å². The number of hydrogen-bond acceptors (Lipinski definition) is 1. The Morgan fingerprint density at radius 3 is 3.08 bits per heavy atom. The van der Waals surface area contributed by atoms with Crippen LogP contribution in [0, 0.1) is 11.8 Å². The topological polar surface area (TPSA) is 20.2 Å². The van der Waals surface area contributed by atoms with Gasteiger partial charge in [-0.15, -0.1) is 0 Å². The Hall–Kier alpha value is -0.560. The van der Waals surface area contributed by atoms with Crippen LogP contribution in [0.2, 0.25) is 0 Å². The summed E-state index contributed by atoms with van der Waals surface area (Å²) in [5, 5.41) is 9.67. The second-order valence-corrected chi connectivity index (χ2v) is 3.95. The Labute approximate surface area is 73.8 Å². The molecule has 0 unspecified atom stereocenters. The quantitative estimate of drug-likeness (QED) is 0.544. The fourth-order valence-electron chi connectivity index (χ4n) is 2.45. The van der Waals surface area contributed by atoms with Crippen LogP contribution in [0.4, 0.5) is 0 Å². The van der Waals surface area contributed by atoms with Gasteiger partial charge in [0, 0.05) is 5.92 Å². The van der Waals surface area contributed by atoms with Gasteiger partial charge in [0.1, 0.15) is 0 Å². The van der Waals surface area contributed by atoms with Gasteiger partial charge in [-0.25, -0.2) is 0 Å². The molecule has 0 amide bonds. The van der Waals surface area contributed by atoms with Crippen LogP contribution >= 0.6 is 0 Å². The summed E-state index contributed by atoms with van der Waals surface area (Å²) >= 11 is 0. The predicted molar refractivity (Wildman–Crippen MR) is 49.7 cm³/mol. The van der Waals surface area contributed by atoms with Gasteiger partial charge in [-0.3, -0.25) is 0 Å². The third kappa shape index (κ3) is 1.22. The molecule has 2 aliphatic carbocycles. The zero-order valence-electron chi connectivity index (χ0n) is 7.37. The highest BCUT2D eigenvalue weighted by Crippen LogP contribution is 2.40. The van der Waals surface area contributed by atoms with Crippen LogP contribution in [0.1, 0.15) is 25.7 Å². The number of rotatable bonds is 0. The Morgan fingerprint density at radius 2 is 2.25 bits per heavy atom. The number of aliphatic hydroxyl groups excluding tert-OH is 1. The normalized spacial score (nSPS) is 41.1. The van der Waals surface area contributed by atoms with Crippen molar-refractivity contribution in [1.82, 2.24) is 0 Å². The molecular formula is C11H16O. The molecule has 12 heavy (non-hydrogen) atoms. The lowest BCUT2D eigenvalue weighted by molar-refractivity contribution is 0.146. The molecule has 0 bridgehead atoms. The number of allylic oxidation sites excluding steroid dienone is 2. The monoisotopic (exact) mass is 164 g/mol. The summed E-state index contributed by atoms with van der Waals surface area (Å²) in [7, 11) is 0. The third-order valence-electron chi connectivity index (χ3n) is 3.20. The summed E-state index contributed by atoms with van der Waals surface area (Å²) < 4.78 is 0. The third-order valence-corrected chi connectivity index (χ3v) is 3.20. The second kappa shape index (κ2) is 3.06. The highest BCUT2D eigenvalue weighted by atomic mass is 16.3. The van der Waals surface area contributed by atoms with E-state index >= 15 is 0 Å². The van der Waals surface area contributed by atoms with Crippen molar-refractivity contribution in [1.29, 1.82) is 0 Å². The summed E-state index contributed by atoms with van der Waals surface area (Å²) in [5.41, 5.74) is 1.35. The second-order valence-electron chi connectivity index (χ2n) is 3.95. The Morgan fingerprint density at radius 1 is 1.42 bits per heavy atom. The first-order valence-electron chi connectivity index (χ1n) is 4.81. The zero-order chi connectivity index (χ0) is 8.55. The average molecular weight is 164 g/mol. The first-order valence-corrected chi connectivity index (χ1v) is 4.81. The molecule has 2 rings (SSSR count). The molecule has 1 N–H and O–H groups in total. The van der Waals surface area contributed by atoms with Gasteiger partial charge in [0.2, 0.25) is 0 Å². The van der Waals surface area contributed by atoms with Gasteiger partial charge in [-0.1, -0.05) is 24.3 Å². The summed E-state index contributed by atoms with van der Waals surface area (Å²) in [6.45, 7) is 4.10. The van der Waals surface area contributed by atoms with E-state index in [1.165, 1.54) is 5.57 Å². The smallest absolute Gasteiger partial charge is 0.0608 e. The van der Waals surface area contributed by atoms with Gasteiger partial charge in [0.25, 0.3) is 0 Å². The van der Waals surface area contributed by atoms with Gasteiger partial charge < -0.3 is 5.11 Å². The van der Waals surface area contributed by atoms with Crippen LogP contribution in [0.3, 0.4) is 0 Å². The van der Waals surface area contributed by atoms with E-state index in [2.05, 4.69) is 18.7 Å². The summed E-state index contributed by atoms with van der Waals surface area (Å²) in [6.07, 6.45) is 8.60. The molecule has 0 aromatic rings. The molecule has 0 radical (unpaired) electrons. The molecule has 1 nitrogen and oxygen atoms in total. The van der Waals surface area contributed by atoms with E-state index in [1.54, 1.807) is 0 Å². The van der Waals surface area contributed by atoms with Crippen LogP contribution < -0.4 is 0 Å². The van der Waals surface area contributed by atoms with E-state index in [1.807, 2.05) is 0 Å². The van der Waals surface area contributed by atoms with Gasteiger partial charge in [-0.2, -0.15) is 0 Å². The Kier molecular flexibility index (Phi) is 2.05. The summed E-state index contributed by atoms with van der Waals surface area (Å²) in [5.74, 6) is 0.943. The minimum atomic E-state index is -0.110. The lowest BCUT2D eigenvalue weighted by Gasteiger charge is -2.18. The van der Waals surface area contributed by atoms with Crippen molar-refractivity contribution in [3.05, 3.63) is 24.3 Å². The fraction of sp³-hybridized carbons (Fsp3) is 0.636. The molecule has 0 saturated heterocycles. The van der Waals surface area contributed by atoms with Crippen molar-refractivity contribution in [2.24, 2.45) is 11.8 Å². The van der Waals surface area contributed by atoms with E-state index in [0.717, 1.165) is 25.7 Å². The largest absolute Gasteiger partial charge is 0.392 e. The highest BCUT2D eigenvalue weighted by molar-refractivity contribution is 5.15. The van der Waals surface area contributed by atoms with Gasteiger partial charge in [0.15, 0.2) is 0 Å². The summed E-state index contributed by atoms with van der Waals surface area (Å²) in [6, 6.07) is 0. The van der Waals surface area contributed by atoms with Crippen molar-refractivity contribution in [2.75, 3.05) is 0 Å². The molecule has 2 aliphatic rings. The number of hydrogen-bond donors (Lipinski definition) is 1. The van der Waals surface area contributed by atoms with Crippen LogP contribution in [-0.2, 0) is 0 Å².